The van der Waals surface area contributed by atoms with Crippen molar-refractivity contribution in [2.45, 2.75) is 25.7 Å². The standard InChI is InChI=1S/C28H30N2/c1-3-10-22(11-4-1)17-19-30-18-9-12-23(21-30)20-26-25-15-7-8-16-27(25)29-28(26)24-13-5-2-6-14-24/h1-8,10-11,13-16,23,29H,9,12,17-21H2. The molecule has 3 aromatic carbocycles. The van der Waals surface area contributed by atoms with E-state index in [2.05, 4.69) is 94.8 Å². The lowest BCUT2D eigenvalue weighted by atomic mass is 9.89. The first kappa shape index (κ1) is 19.1. The average Bonchev–Trinajstić information content (AvgIpc) is 3.18. The first-order valence-corrected chi connectivity index (χ1v) is 11.3. The fraction of sp³-hybridized carbons (Fsp3) is 0.286. The van der Waals surface area contributed by atoms with Gasteiger partial charge in [-0.05, 0) is 60.9 Å². The van der Waals surface area contributed by atoms with Crippen LogP contribution in [0.3, 0.4) is 0 Å². The van der Waals surface area contributed by atoms with E-state index in [9.17, 15) is 0 Å². The van der Waals surface area contributed by atoms with E-state index >= 15 is 0 Å². The van der Waals surface area contributed by atoms with Crippen LogP contribution in [-0.2, 0) is 12.8 Å². The van der Waals surface area contributed by atoms with Gasteiger partial charge in [0.1, 0.15) is 0 Å². The Kier molecular flexibility index (Phi) is 5.67. The molecule has 1 fully saturated rings. The van der Waals surface area contributed by atoms with Gasteiger partial charge in [0.25, 0.3) is 0 Å². The van der Waals surface area contributed by atoms with E-state index in [4.69, 9.17) is 0 Å². The number of rotatable bonds is 6. The molecule has 0 radical (unpaired) electrons. The van der Waals surface area contributed by atoms with Crippen LogP contribution < -0.4 is 0 Å². The summed E-state index contributed by atoms with van der Waals surface area (Å²) < 4.78 is 0. The van der Waals surface area contributed by atoms with Crippen LogP contribution in [0.25, 0.3) is 22.2 Å². The van der Waals surface area contributed by atoms with Crippen LogP contribution in [-0.4, -0.2) is 29.5 Å². The second-order valence-electron chi connectivity index (χ2n) is 8.64. The molecule has 0 aliphatic carbocycles. The Morgan fingerprint density at radius 2 is 1.57 bits per heavy atom. The van der Waals surface area contributed by atoms with Crippen molar-refractivity contribution >= 4 is 10.9 Å². The van der Waals surface area contributed by atoms with Gasteiger partial charge in [-0.3, -0.25) is 0 Å². The van der Waals surface area contributed by atoms with Crippen molar-refractivity contribution in [2.24, 2.45) is 5.92 Å². The van der Waals surface area contributed by atoms with Crippen molar-refractivity contribution in [1.82, 2.24) is 9.88 Å². The number of piperidine rings is 1. The number of nitrogens with one attached hydrogen (secondary N) is 1. The van der Waals surface area contributed by atoms with E-state index in [1.807, 2.05) is 0 Å². The maximum absolute atomic E-state index is 3.71. The number of aromatic amines is 1. The summed E-state index contributed by atoms with van der Waals surface area (Å²) in [5.41, 5.74) is 6.79. The van der Waals surface area contributed by atoms with E-state index < -0.39 is 0 Å². The first-order valence-electron chi connectivity index (χ1n) is 11.3. The number of fused-ring (bicyclic) bond motifs is 1. The van der Waals surface area contributed by atoms with E-state index in [1.165, 1.54) is 65.8 Å². The average molecular weight is 395 g/mol. The summed E-state index contributed by atoms with van der Waals surface area (Å²) in [7, 11) is 0. The van der Waals surface area contributed by atoms with Crippen molar-refractivity contribution in [2.75, 3.05) is 19.6 Å². The highest BCUT2D eigenvalue weighted by molar-refractivity contribution is 5.90. The van der Waals surface area contributed by atoms with Crippen molar-refractivity contribution < 1.29 is 0 Å². The Bertz CT molecular complexity index is 1080. The highest BCUT2D eigenvalue weighted by Gasteiger charge is 2.23. The Labute approximate surface area is 179 Å². The first-order chi connectivity index (χ1) is 14.9. The van der Waals surface area contributed by atoms with Crippen molar-refractivity contribution in [3.05, 3.63) is 96.1 Å². The van der Waals surface area contributed by atoms with Crippen LogP contribution in [0.2, 0.25) is 0 Å². The summed E-state index contributed by atoms with van der Waals surface area (Å²) in [5, 5.41) is 1.39. The lowest BCUT2D eigenvalue weighted by Gasteiger charge is -2.33. The number of benzene rings is 3. The Morgan fingerprint density at radius 3 is 2.40 bits per heavy atom. The van der Waals surface area contributed by atoms with Gasteiger partial charge in [-0.2, -0.15) is 0 Å². The zero-order valence-corrected chi connectivity index (χ0v) is 17.6. The number of nitrogens with zero attached hydrogens (tertiary/aromatic N) is 1. The molecule has 1 aliphatic heterocycles. The molecule has 1 aliphatic rings. The molecule has 1 unspecified atom stereocenters. The zero-order chi connectivity index (χ0) is 20.2. The largest absolute Gasteiger partial charge is 0.354 e. The third kappa shape index (κ3) is 4.20. The minimum Gasteiger partial charge on any atom is -0.354 e. The predicted octanol–water partition coefficient (Wildman–Crippen LogP) is 6.33. The minimum absolute atomic E-state index is 0.719. The summed E-state index contributed by atoms with van der Waals surface area (Å²) >= 11 is 0. The molecule has 1 atom stereocenters. The molecule has 5 rings (SSSR count). The van der Waals surface area contributed by atoms with Gasteiger partial charge in [0.15, 0.2) is 0 Å². The number of aromatic nitrogens is 1. The molecule has 1 saturated heterocycles. The molecular formula is C28H30N2. The van der Waals surface area contributed by atoms with Gasteiger partial charge in [0.05, 0.1) is 0 Å². The molecule has 0 amide bonds. The second-order valence-corrected chi connectivity index (χ2v) is 8.64. The third-order valence-electron chi connectivity index (χ3n) is 6.53. The monoisotopic (exact) mass is 394 g/mol. The molecule has 1 N–H and O–H groups in total. The fourth-order valence-corrected chi connectivity index (χ4v) is 5.00. The lowest BCUT2D eigenvalue weighted by molar-refractivity contribution is 0.176. The zero-order valence-electron chi connectivity index (χ0n) is 17.6. The molecule has 1 aromatic heterocycles. The van der Waals surface area contributed by atoms with Gasteiger partial charge < -0.3 is 9.88 Å². The molecular weight excluding hydrogens is 364 g/mol. The van der Waals surface area contributed by atoms with Crippen LogP contribution >= 0.6 is 0 Å². The van der Waals surface area contributed by atoms with Gasteiger partial charge in [-0.25, -0.2) is 0 Å². The molecule has 2 heterocycles. The second kappa shape index (κ2) is 8.89. The van der Waals surface area contributed by atoms with Crippen LogP contribution in [0.15, 0.2) is 84.9 Å². The Hall–Kier alpha value is -2.84. The molecule has 2 nitrogen and oxygen atoms in total. The van der Waals surface area contributed by atoms with Crippen LogP contribution in [0.4, 0.5) is 0 Å². The summed E-state index contributed by atoms with van der Waals surface area (Å²) in [6.07, 6.45) is 4.93. The number of likely N-dealkylation sites (tertiary alicyclic amines) is 1. The summed E-state index contributed by atoms with van der Waals surface area (Å²) in [6, 6.07) is 30.5. The summed E-state index contributed by atoms with van der Waals surface area (Å²) in [4.78, 5) is 6.39. The topological polar surface area (TPSA) is 19.0 Å². The number of hydrogen-bond acceptors (Lipinski definition) is 1. The SMILES string of the molecule is c1ccc(CCN2CCCC(Cc3c(-c4ccccc4)[nH]c4ccccc34)C2)cc1. The van der Waals surface area contributed by atoms with Crippen molar-refractivity contribution in [1.29, 1.82) is 0 Å². The van der Waals surface area contributed by atoms with Crippen LogP contribution in [0.1, 0.15) is 24.0 Å². The van der Waals surface area contributed by atoms with Gasteiger partial charge in [-0.15, -0.1) is 0 Å². The van der Waals surface area contributed by atoms with Gasteiger partial charge in [0.2, 0.25) is 0 Å². The molecule has 4 aromatic rings. The molecule has 2 heteroatoms. The third-order valence-corrected chi connectivity index (χ3v) is 6.53. The quantitative estimate of drug-likeness (QED) is 0.405. The van der Waals surface area contributed by atoms with E-state index in [1.54, 1.807) is 0 Å². The van der Waals surface area contributed by atoms with Crippen LogP contribution in [0.5, 0.6) is 0 Å². The van der Waals surface area contributed by atoms with E-state index in [0.717, 1.165) is 18.8 Å². The smallest absolute Gasteiger partial charge is 0.0497 e. The predicted molar refractivity (Wildman–Crippen MR) is 127 cm³/mol. The highest BCUT2D eigenvalue weighted by Crippen LogP contribution is 2.33. The van der Waals surface area contributed by atoms with E-state index in [-0.39, 0.29) is 0 Å². The van der Waals surface area contributed by atoms with Gasteiger partial charge in [-0.1, -0.05) is 78.9 Å². The van der Waals surface area contributed by atoms with Crippen LogP contribution in [0, 0.1) is 5.92 Å². The Morgan fingerprint density at radius 1 is 0.833 bits per heavy atom. The van der Waals surface area contributed by atoms with Gasteiger partial charge >= 0.3 is 0 Å². The Balaban J connectivity index is 1.35. The molecule has 0 bridgehead atoms. The number of para-hydroxylation sites is 1. The van der Waals surface area contributed by atoms with Crippen molar-refractivity contribution in [3.63, 3.8) is 0 Å². The summed E-state index contributed by atoms with van der Waals surface area (Å²) in [6.45, 7) is 3.61. The normalized spacial score (nSPS) is 17.4. The maximum atomic E-state index is 3.71. The maximum Gasteiger partial charge on any atom is 0.0497 e. The lowest BCUT2D eigenvalue weighted by Crippen LogP contribution is -2.37. The molecule has 30 heavy (non-hydrogen) atoms. The number of hydrogen-bond donors (Lipinski definition) is 1. The molecule has 152 valence electrons. The molecule has 0 saturated carbocycles. The molecule has 0 spiro atoms. The van der Waals surface area contributed by atoms with Crippen molar-refractivity contribution in [3.8, 4) is 11.3 Å². The van der Waals surface area contributed by atoms with Gasteiger partial charge in [0, 0.05) is 29.7 Å². The highest BCUT2D eigenvalue weighted by atomic mass is 15.1. The number of H-pyrrole nitrogens is 1. The fourth-order valence-electron chi connectivity index (χ4n) is 5.00. The minimum atomic E-state index is 0.719. The van der Waals surface area contributed by atoms with E-state index in [0.29, 0.717) is 0 Å². The summed E-state index contributed by atoms with van der Waals surface area (Å²) in [5.74, 6) is 0.719.